The summed E-state index contributed by atoms with van der Waals surface area (Å²) in [4.78, 5) is 19.6. The minimum Gasteiger partial charge on any atom is -0.491 e. The fourth-order valence-electron chi connectivity index (χ4n) is 4.03. The molecule has 4 rings (SSSR count). The van der Waals surface area contributed by atoms with Crippen LogP contribution in [0.2, 0.25) is 0 Å². The topological polar surface area (TPSA) is 55.7 Å². The van der Waals surface area contributed by atoms with E-state index in [4.69, 9.17) is 9.72 Å². The third-order valence-corrected chi connectivity index (χ3v) is 5.64. The van der Waals surface area contributed by atoms with Gasteiger partial charge in [-0.3, -0.25) is 4.79 Å². The summed E-state index contributed by atoms with van der Waals surface area (Å²) in [5, 5.41) is 4.14. The fourth-order valence-corrected chi connectivity index (χ4v) is 4.03. The van der Waals surface area contributed by atoms with Crippen molar-refractivity contribution in [2.45, 2.75) is 38.8 Å². The normalized spacial score (nSPS) is 19.1. The average molecular weight is 405 g/mol. The number of hydrogen-bond acceptors (Lipinski definition) is 3. The quantitative estimate of drug-likeness (QED) is 0.687. The Labute approximate surface area is 178 Å². The van der Waals surface area contributed by atoms with E-state index in [0.29, 0.717) is 5.56 Å². The minimum atomic E-state index is -0.0195. The van der Waals surface area contributed by atoms with Crippen LogP contribution in [0.1, 0.15) is 37.0 Å². The summed E-state index contributed by atoms with van der Waals surface area (Å²) >= 11 is 0. The Morgan fingerprint density at radius 3 is 2.63 bits per heavy atom. The number of aromatic nitrogens is 1. The number of fused-ring (bicyclic) bond motifs is 1. The summed E-state index contributed by atoms with van der Waals surface area (Å²) < 4.78 is 5.84. The molecule has 1 amide bonds. The lowest BCUT2D eigenvalue weighted by Crippen LogP contribution is -3.10. The molecule has 2 N–H and O–H groups in total. The summed E-state index contributed by atoms with van der Waals surface area (Å²) in [6.07, 6.45) is 2.13. The first-order chi connectivity index (χ1) is 14.5. The smallest absolute Gasteiger partial charge is 0.252 e. The van der Waals surface area contributed by atoms with Gasteiger partial charge < -0.3 is 15.0 Å². The number of pyridine rings is 1. The molecule has 0 unspecified atom stereocenters. The number of para-hydroxylation sites is 1. The maximum absolute atomic E-state index is 13.2. The van der Waals surface area contributed by atoms with Crippen molar-refractivity contribution in [2.24, 2.45) is 0 Å². The molecule has 2 aromatic carbocycles. The van der Waals surface area contributed by atoms with Crippen molar-refractivity contribution in [1.82, 2.24) is 10.3 Å². The van der Waals surface area contributed by atoms with E-state index in [0.717, 1.165) is 53.8 Å². The zero-order chi connectivity index (χ0) is 21.1. The van der Waals surface area contributed by atoms with E-state index in [1.807, 2.05) is 68.4 Å². The van der Waals surface area contributed by atoms with Crippen molar-refractivity contribution < 1.29 is 14.4 Å². The monoisotopic (exact) mass is 404 g/mol. The van der Waals surface area contributed by atoms with Crippen molar-refractivity contribution in [3.63, 3.8) is 0 Å². The number of ether oxygens (including phenoxy) is 1. The molecule has 5 nitrogen and oxygen atoms in total. The highest BCUT2D eigenvalue weighted by molar-refractivity contribution is 6.07. The SMILES string of the molecule is CC(C)Oc1cccc(-c2cc(C(=O)NC3CC[NH+](C)CC3)c3ccccc3n2)c1. The van der Waals surface area contributed by atoms with Crippen molar-refractivity contribution >= 4 is 16.8 Å². The molecule has 0 radical (unpaired) electrons. The van der Waals surface area contributed by atoms with Gasteiger partial charge in [0.05, 0.1) is 43.0 Å². The van der Waals surface area contributed by atoms with Crippen LogP contribution in [0.5, 0.6) is 5.75 Å². The zero-order valence-electron chi connectivity index (χ0n) is 17.9. The first-order valence-corrected chi connectivity index (χ1v) is 10.8. The molecule has 0 saturated carbocycles. The van der Waals surface area contributed by atoms with Gasteiger partial charge in [-0.1, -0.05) is 30.3 Å². The Kier molecular flexibility index (Phi) is 6.00. The summed E-state index contributed by atoms with van der Waals surface area (Å²) in [7, 11) is 2.21. The highest BCUT2D eigenvalue weighted by Gasteiger charge is 2.23. The zero-order valence-corrected chi connectivity index (χ0v) is 17.9. The van der Waals surface area contributed by atoms with Crippen LogP contribution in [0.3, 0.4) is 0 Å². The lowest BCUT2D eigenvalue weighted by molar-refractivity contribution is -0.884. The van der Waals surface area contributed by atoms with E-state index in [-0.39, 0.29) is 18.1 Å². The number of carbonyl (C=O) groups excluding carboxylic acids is 1. The highest BCUT2D eigenvalue weighted by atomic mass is 16.5. The second-order valence-electron chi connectivity index (χ2n) is 8.47. The largest absolute Gasteiger partial charge is 0.491 e. The van der Waals surface area contributed by atoms with E-state index in [1.54, 1.807) is 0 Å². The first kappa shape index (κ1) is 20.4. The molecule has 3 aromatic rings. The summed E-state index contributed by atoms with van der Waals surface area (Å²) in [5.41, 5.74) is 3.22. The fraction of sp³-hybridized carbons (Fsp3) is 0.360. The second kappa shape index (κ2) is 8.84. The molecule has 1 aromatic heterocycles. The van der Waals surface area contributed by atoms with E-state index in [1.165, 1.54) is 4.90 Å². The predicted octanol–water partition coefficient (Wildman–Crippen LogP) is 3.10. The van der Waals surface area contributed by atoms with Crippen molar-refractivity contribution in [3.8, 4) is 17.0 Å². The van der Waals surface area contributed by atoms with Crippen LogP contribution in [-0.4, -0.2) is 43.2 Å². The number of hydrogen-bond donors (Lipinski definition) is 2. The molecular formula is C25H30N3O2+. The molecule has 0 aliphatic carbocycles. The number of amides is 1. The highest BCUT2D eigenvalue weighted by Crippen LogP contribution is 2.28. The van der Waals surface area contributed by atoms with Crippen LogP contribution < -0.4 is 15.0 Å². The van der Waals surface area contributed by atoms with Crippen LogP contribution >= 0.6 is 0 Å². The van der Waals surface area contributed by atoms with Crippen LogP contribution in [0.25, 0.3) is 22.2 Å². The van der Waals surface area contributed by atoms with Gasteiger partial charge in [0.1, 0.15) is 5.75 Å². The van der Waals surface area contributed by atoms with Gasteiger partial charge in [-0.2, -0.15) is 0 Å². The number of carbonyl (C=O) groups is 1. The predicted molar refractivity (Wildman–Crippen MR) is 120 cm³/mol. The van der Waals surface area contributed by atoms with E-state index < -0.39 is 0 Å². The van der Waals surface area contributed by atoms with Crippen LogP contribution in [-0.2, 0) is 0 Å². The molecule has 30 heavy (non-hydrogen) atoms. The number of piperidine rings is 1. The van der Waals surface area contributed by atoms with Gasteiger partial charge in [0.25, 0.3) is 5.91 Å². The van der Waals surface area contributed by atoms with Gasteiger partial charge in [-0.05, 0) is 38.1 Å². The van der Waals surface area contributed by atoms with Crippen LogP contribution in [0.15, 0.2) is 54.6 Å². The minimum absolute atomic E-state index is 0.0195. The summed E-state index contributed by atoms with van der Waals surface area (Å²) in [6, 6.07) is 17.9. The third kappa shape index (κ3) is 4.62. The Morgan fingerprint density at radius 2 is 1.87 bits per heavy atom. The van der Waals surface area contributed by atoms with Crippen molar-refractivity contribution in [3.05, 3.63) is 60.2 Å². The summed E-state index contributed by atoms with van der Waals surface area (Å²) in [5.74, 6) is 0.784. The van der Waals surface area contributed by atoms with Gasteiger partial charge in [0.2, 0.25) is 0 Å². The summed E-state index contributed by atoms with van der Waals surface area (Å²) in [6.45, 7) is 6.20. The number of nitrogens with one attached hydrogen (secondary N) is 2. The van der Waals surface area contributed by atoms with Crippen LogP contribution in [0, 0.1) is 0 Å². The first-order valence-electron chi connectivity index (χ1n) is 10.8. The van der Waals surface area contributed by atoms with Gasteiger partial charge >= 0.3 is 0 Å². The standard InChI is InChI=1S/C25H29N3O2/c1-17(2)30-20-8-6-7-18(15-20)24-16-22(21-9-4-5-10-23(21)27-24)25(29)26-19-11-13-28(3)14-12-19/h4-10,15-17,19H,11-14H2,1-3H3,(H,26,29)/p+1. The molecule has 2 heterocycles. The molecule has 0 bridgehead atoms. The van der Waals surface area contributed by atoms with E-state index >= 15 is 0 Å². The molecule has 1 aliphatic heterocycles. The maximum Gasteiger partial charge on any atom is 0.252 e. The molecule has 0 spiro atoms. The molecule has 1 aliphatic rings. The van der Waals surface area contributed by atoms with Gasteiger partial charge in [-0.15, -0.1) is 0 Å². The number of likely N-dealkylation sites (tertiary alicyclic amines) is 1. The Morgan fingerprint density at radius 1 is 1.10 bits per heavy atom. The number of quaternary nitrogens is 1. The lowest BCUT2D eigenvalue weighted by atomic mass is 10.0. The molecule has 156 valence electrons. The maximum atomic E-state index is 13.2. The number of nitrogens with zero attached hydrogens (tertiary/aromatic N) is 1. The van der Waals surface area contributed by atoms with E-state index in [9.17, 15) is 4.79 Å². The molecule has 1 saturated heterocycles. The lowest BCUT2D eigenvalue weighted by Gasteiger charge is -2.27. The third-order valence-electron chi connectivity index (χ3n) is 5.64. The second-order valence-corrected chi connectivity index (χ2v) is 8.47. The molecule has 1 fully saturated rings. The van der Waals surface area contributed by atoms with Gasteiger partial charge in [0, 0.05) is 29.8 Å². The van der Waals surface area contributed by atoms with Gasteiger partial charge in [-0.25, -0.2) is 4.98 Å². The number of rotatable bonds is 5. The van der Waals surface area contributed by atoms with Gasteiger partial charge in [0.15, 0.2) is 0 Å². The molecule has 0 atom stereocenters. The van der Waals surface area contributed by atoms with E-state index in [2.05, 4.69) is 12.4 Å². The Bertz CT molecular complexity index is 1040. The Hall–Kier alpha value is -2.92. The number of benzene rings is 2. The van der Waals surface area contributed by atoms with Crippen molar-refractivity contribution in [2.75, 3.05) is 20.1 Å². The average Bonchev–Trinajstić information content (AvgIpc) is 2.74. The molecular weight excluding hydrogens is 374 g/mol. The van der Waals surface area contributed by atoms with Crippen LogP contribution in [0.4, 0.5) is 0 Å². The van der Waals surface area contributed by atoms with Crippen molar-refractivity contribution in [1.29, 1.82) is 0 Å². The Balaban J connectivity index is 1.68. The molecule has 5 heteroatoms.